The molecule has 0 rings (SSSR count). The fraction of sp³-hybridized carbons (Fsp3) is 0.778. The molecule has 1 amide bonds. The molecular formula is C9H17NO2. The van der Waals surface area contributed by atoms with Gasteiger partial charge in [0.2, 0.25) is 5.91 Å². The van der Waals surface area contributed by atoms with Crippen molar-refractivity contribution < 1.29 is 9.59 Å². The minimum absolute atomic E-state index is 0.0268. The van der Waals surface area contributed by atoms with Crippen molar-refractivity contribution >= 4 is 11.7 Å². The van der Waals surface area contributed by atoms with Gasteiger partial charge in [-0.1, -0.05) is 13.8 Å². The quantitative estimate of drug-likeness (QED) is 0.689. The Labute approximate surface area is 73.5 Å². The van der Waals surface area contributed by atoms with Gasteiger partial charge in [-0.15, -0.1) is 0 Å². The molecule has 1 atom stereocenters. The number of hydrogen-bond acceptors (Lipinski definition) is 2. The lowest BCUT2D eigenvalue weighted by atomic mass is 10.0. The molecule has 0 saturated carbocycles. The molecule has 0 spiro atoms. The number of carbonyl (C=O) groups is 2. The molecule has 0 bridgehead atoms. The third-order valence-corrected chi connectivity index (χ3v) is 1.58. The highest BCUT2D eigenvalue weighted by Gasteiger charge is 2.15. The van der Waals surface area contributed by atoms with Crippen LogP contribution < -0.4 is 5.32 Å². The van der Waals surface area contributed by atoms with E-state index >= 15 is 0 Å². The van der Waals surface area contributed by atoms with Gasteiger partial charge in [0.1, 0.15) is 0 Å². The van der Waals surface area contributed by atoms with Gasteiger partial charge < -0.3 is 5.32 Å². The zero-order valence-corrected chi connectivity index (χ0v) is 8.18. The monoisotopic (exact) mass is 171 g/mol. The first-order chi connectivity index (χ1) is 5.43. The minimum atomic E-state index is -0.303. The molecule has 0 aromatic rings. The van der Waals surface area contributed by atoms with Gasteiger partial charge in [0.05, 0.1) is 6.04 Å². The first kappa shape index (κ1) is 11.1. The molecule has 70 valence electrons. The Bertz CT molecular complexity index is 175. The van der Waals surface area contributed by atoms with Gasteiger partial charge in [0, 0.05) is 6.92 Å². The standard InChI is InChI=1S/C9H17NO2/c1-6(2)5-9(7(3)11)10-8(4)12/h6,9H,5H2,1-4H3,(H,10,12)/t9-/m1/s1. The molecule has 0 aliphatic carbocycles. The minimum Gasteiger partial charge on any atom is -0.347 e. The fourth-order valence-corrected chi connectivity index (χ4v) is 1.04. The summed E-state index contributed by atoms with van der Waals surface area (Å²) in [7, 11) is 0. The molecule has 1 N–H and O–H groups in total. The highest BCUT2D eigenvalue weighted by molar-refractivity contribution is 5.86. The number of hydrogen-bond donors (Lipinski definition) is 1. The first-order valence-corrected chi connectivity index (χ1v) is 4.21. The lowest BCUT2D eigenvalue weighted by Gasteiger charge is -2.16. The zero-order chi connectivity index (χ0) is 9.72. The SMILES string of the molecule is CC(=O)N[C@H](CC(C)C)C(C)=O. The van der Waals surface area contributed by atoms with Crippen molar-refractivity contribution in [2.45, 2.75) is 40.2 Å². The van der Waals surface area contributed by atoms with Crippen molar-refractivity contribution in [3.05, 3.63) is 0 Å². The van der Waals surface area contributed by atoms with Crippen LogP contribution in [0.5, 0.6) is 0 Å². The van der Waals surface area contributed by atoms with Gasteiger partial charge in [-0.05, 0) is 19.3 Å². The van der Waals surface area contributed by atoms with Crippen molar-refractivity contribution in [1.82, 2.24) is 5.32 Å². The van der Waals surface area contributed by atoms with Crippen molar-refractivity contribution in [2.75, 3.05) is 0 Å². The van der Waals surface area contributed by atoms with Crippen molar-refractivity contribution in [2.24, 2.45) is 5.92 Å². The van der Waals surface area contributed by atoms with Gasteiger partial charge in [-0.2, -0.15) is 0 Å². The van der Waals surface area contributed by atoms with E-state index in [0.717, 1.165) is 6.42 Å². The predicted octanol–water partition coefficient (Wildman–Crippen LogP) is 1.13. The smallest absolute Gasteiger partial charge is 0.217 e. The van der Waals surface area contributed by atoms with Crippen LogP contribution in [0.25, 0.3) is 0 Å². The summed E-state index contributed by atoms with van der Waals surface area (Å²) in [4.78, 5) is 21.7. The van der Waals surface area contributed by atoms with Crippen LogP contribution in [0.3, 0.4) is 0 Å². The summed E-state index contributed by atoms with van der Waals surface area (Å²) in [5.74, 6) is 0.306. The van der Waals surface area contributed by atoms with E-state index in [-0.39, 0.29) is 17.7 Å². The first-order valence-electron chi connectivity index (χ1n) is 4.21. The summed E-state index contributed by atoms with van der Waals surface area (Å²) >= 11 is 0. The predicted molar refractivity (Wildman–Crippen MR) is 47.7 cm³/mol. The second kappa shape index (κ2) is 4.91. The normalized spacial score (nSPS) is 12.8. The number of ketones is 1. The van der Waals surface area contributed by atoms with Crippen LogP contribution in [0.15, 0.2) is 0 Å². The molecule has 3 nitrogen and oxygen atoms in total. The number of nitrogens with one attached hydrogen (secondary N) is 1. The zero-order valence-electron chi connectivity index (χ0n) is 8.18. The average Bonchev–Trinajstić information content (AvgIpc) is 1.83. The Morgan fingerprint density at radius 1 is 1.25 bits per heavy atom. The Kier molecular flexibility index (Phi) is 4.55. The van der Waals surface area contributed by atoms with Gasteiger partial charge in [0.15, 0.2) is 5.78 Å². The molecule has 0 radical (unpaired) electrons. The summed E-state index contributed by atoms with van der Waals surface area (Å²) in [5.41, 5.74) is 0. The average molecular weight is 171 g/mol. The number of carbonyl (C=O) groups excluding carboxylic acids is 2. The van der Waals surface area contributed by atoms with E-state index in [1.165, 1.54) is 13.8 Å². The Balaban J connectivity index is 4.04. The highest BCUT2D eigenvalue weighted by Crippen LogP contribution is 2.05. The van der Waals surface area contributed by atoms with Crippen LogP contribution in [0.2, 0.25) is 0 Å². The van der Waals surface area contributed by atoms with E-state index in [1.807, 2.05) is 13.8 Å². The summed E-state index contributed by atoms with van der Waals surface area (Å²) in [6.45, 7) is 6.98. The molecule has 0 fully saturated rings. The van der Waals surface area contributed by atoms with Crippen molar-refractivity contribution in [3.63, 3.8) is 0 Å². The van der Waals surface area contributed by atoms with Crippen LogP contribution in [0, 0.1) is 5.92 Å². The van der Waals surface area contributed by atoms with E-state index in [2.05, 4.69) is 5.32 Å². The second-order valence-corrected chi connectivity index (χ2v) is 3.49. The summed E-state index contributed by atoms with van der Waals surface area (Å²) in [6.07, 6.45) is 0.717. The third kappa shape index (κ3) is 4.88. The van der Waals surface area contributed by atoms with Crippen molar-refractivity contribution in [1.29, 1.82) is 0 Å². The van der Waals surface area contributed by atoms with E-state index < -0.39 is 0 Å². The lowest BCUT2D eigenvalue weighted by Crippen LogP contribution is -2.39. The summed E-state index contributed by atoms with van der Waals surface area (Å²) < 4.78 is 0. The van der Waals surface area contributed by atoms with Crippen molar-refractivity contribution in [3.8, 4) is 0 Å². The van der Waals surface area contributed by atoms with Gasteiger partial charge in [-0.3, -0.25) is 9.59 Å². The van der Waals surface area contributed by atoms with E-state index in [9.17, 15) is 9.59 Å². The maximum Gasteiger partial charge on any atom is 0.217 e. The van der Waals surface area contributed by atoms with E-state index in [1.54, 1.807) is 0 Å². The lowest BCUT2D eigenvalue weighted by molar-refractivity contribution is -0.125. The van der Waals surface area contributed by atoms with Crippen LogP contribution in [-0.2, 0) is 9.59 Å². The molecule has 3 heteroatoms. The molecule has 0 unspecified atom stereocenters. The molecule has 0 heterocycles. The summed E-state index contributed by atoms with van der Waals surface area (Å²) in [5, 5.41) is 2.62. The van der Waals surface area contributed by atoms with Gasteiger partial charge in [0.25, 0.3) is 0 Å². The largest absolute Gasteiger partial charge is 0.347 e. The van der Waals surface area contributed by atoms with Crippen LogP contribution in [0.4, 0.5) is 0 Å². The Morgan fingerprint density at radius 2 is 1.75 bits per heavy atom. The second-order valence-electron chi connectivity index (χ2n) is 3.49. The van der Waals surface area contributed by atoms with Crippen LogP contribution >= 0.6 is 0 Å². The number of Topliss-reactive ketones (excluding diaryl/α,β-unsaturated/α-hetero) is 1. The number of rotatable bonds is 4. The van der Waals surface area contributed by atoms with Gasteiger partial charge in [-0.25, -0.2) is 0 Å². The Hall–Kier alpha value is -0.860. The number of amides is 1. The molecule has 0 aromatic heterocycles. The Morgan fingerprint density at radius 3 is 2.00 bits per heavy atom. The molecule has 0 saturated heterocycles. The van der Waals surface area contributed by atoms with E-state index in [0.29, 0.717) is 5.92 Å². The molecule has 12 heavy (non-hydrogen) atoms. The topological polar surface area (TPSA) is 46.2 Å². The molecule has 0 aliphatic rings. The van der Waals surface area contributed by atoms with E-state index in [4.69, 9.17) is 0 Å². The molecule has 0 aromatic carbocycles. The maximum atomic E-state index is 11.0. The summed E-state index contributed by atoms with van der Waals surface area (Å²) in [6, 6.07) is -0.303. The van der Waals surface area contributed by atoms with Gasteiger partial charge >= 0.3 is 0 Å². The maximum absolute atomic E-state index is 11.0. The highest BCUT2D eigenvalue weighted by atomic mass is 16.2. The van der Waals surface area contributed by atoms with Crippen LogP contribution in [-0.4, -0.2) is 17.7 Å². The van der Waals surface area contributed by atoms with Crippen LogP contribution in [0.1, 0.15) is 34.1 Å². The molecule has 0 aliphatic heterocycles. The third-order valence-electron chi connectivity index (χ3n) is 1.58. The molecular weight excluding hydrogens is 154 g/mol. The fourth-order valence-electron chi connectivity index (χ4n) is 1.04.